The van der Waals surface area contributed by atoms with Crippen molar-refractivity contribution in [2.75, 3.05) is 11.9 Å². The average Bonchev–Trinajstić information content (AvgIpc) is 2.91. The molecule has 3 rings (SSSR count). The van der Waals surface area contributed by atoms with Gasteiger partial charge in [-0.1, -0.05) is 72.8 Å². The van der Waals surface area contributed by atoms with Crippen molar-refractivity contribution >= 4 is 23.5 Å². The lowest BCUT2D eigenvalue weighted by Crippen LogP contribution is -2.50. The van der Waals surface area contributed by atoms with Crippen molar-refractivity contribution in [3.63, 3.8) is 0 Å². The Morgan fingerprint density at radius 1 is 0.784 bits per heavy atom. The molecule has 0 aliphatic rings. The maximum absolute atomic E-state index is 13.1. The summed E-state index contributed by atoms with van der Waals surface area (Å²) in [5.41, 5.74) is 3.87. The van der Waals surface area contributed by atoms with E-state index in [1.807, 2.05) is 84.9 Å². The van der Waals surface area contributed by atoms with Gasteiger partial charge < -0.3 is 20.7 Å². The predicted octanol–water partition coefficient (Wildman–Crippen LogP) is 4.03. The molecule has 0 saturated heterocycles. The van der Waals surface area contributed by atoms with E-state index < -0.39 is 18.1 Å². The molecular formula is C30H35N3O4. The lowest BCUT2D eigenvalue weighted by atomic mass is 10.0. The van der Waals surface area contributed by atoms with Gasteiger partial charge in [0.1, 0.15) is 12.6 Å². The summed E-state index contributed by atoms with van der Waals surface area (Å²) >= 11 is 0. The van der Waals surface area contributed by atoms with Crippen LogP contribution in [0.3, 0.4) is 0 Å². The van der Waals surface area contributed by atoms with E-state index in [4.69, 9.17) is 4.74 Å². The lowest BCUT2D eigenvalue weighted by Gasteiger charge is -2.21. The van der Waals surface area contributed by atoms with Gasteiger partial charge in [-0.3, -0.25) is 9.59 Å². The molecular weight excluding hydrogens is 466 g/mol. The number of hydrogen-bond donors (Lipinski definition) is 3. The third kappa shape index (κ3) is 9.89. The van der Waals surface area contributed by atoms with Gasteiger partial charge in [0.25, 0.3) is 0 Å². The number of carbonyl (C=O) groups is 3. The molecule has 2 unspecified atom stereocenters. The standard InChI is InChI=1S/C30H35N3O4/c1-22(30(36)37-21-26-11-7-4-8-12-26)32-29(35)28(18-15-24-9-5-3-6-10-24)31-20-19-25-13-16-27(17-14-25)33-23(2)34/h3-14,16-17,22,28,31H,15,18-21H2,1-2H3,(H,32,35)(H,33,34). The van der Waals surface area contributed by atoms with Gasteiger partial charge >= 0.3 is 5.97 Å². The van der Waals surface area contributed by atoms with Gasteiger partial charge in [-0.2, -0.15) is 0 Å². The molecule has 0 saturated carbocycles. The molecule has 0 fully saturated rings. The Kier molecular flexibility index (Phi) is 10.9. The first kappa shape index (κ1) is 27.6. The number of carbonyl (C=O) groups excluding carboxylic acids is 3. The zero-order valence-electron chi connectivity index (χ0n) is 21.4. The molecule has 7 nitrogen and oxygen atoms in total. The maximum Gasteiger partial charge on any atom is 0.328 e. The molecule has 37 heavy (non-hydrogen) atoms. The first-order valence-electron chi connectivity index (χ1n) is 12.6. The molecule has 3 aromatic rings. The Morgan fingerprint density at radius 2 is 1.38 bits per heavy atom. The summed E-state index contributed by atoms with van der Waals surface area (Å²) in [4.78, 5) is 36.8. The van der Waals surface area contributed by atoms with Gasteiger partial charge in [0.15, 0.2) is 0 Å². The number of hydrogen-bond acceptors (Lipinski definition) is 5. The van der Waals surface area contributed by atoms with Crippen LogP contribution in [0.4, 0.5) is 5.69 Å². The van der Waals surface area contributed by atoms with Crippen LogP contribution in [0.25, 0.3) is 0 Å². The van der Waals surface area contributed by atoms with Gasteiger partial charge in [0.2, 0.25) is 11.8 Å². The third-order valence-electron chi connectivity index (χ3n) is 5.90. The molecule has 2 amide bonds. The van der Waals surface area contributed by atoms with Crippen molar-refractivity contribution in [2.45, 2.75) is 51.8 Å². The lowest BCUT2D eigenvalue weighted by molar-refractivity contribution is -0.148. The molecule has 2 atom stereocenters. The summed E-state index contributed by atoms with van der Waals surface area (Å²) < 4.78 is 5.37. The Bertz CT molecular complexity index is 1130. The minimum Gasteiger partial charge on any atom is -0.459 e. The van der Waals surface area contributed by atoms with Crippen LogP contribution in [0.1, 0.15) is 37.0 Å². The molecule has 0 aromatic heterocycles. The third-order valence-corrected chi connectivity index (χ3v) is 5.90. The van der Waals surface area contributed by atoms with E-state index in [1.165, 1.54) is 6.92 Å². The Morgan fingerprint density at radius 3 is 2.00 bits per heavy atom. The first-order chi connectivity index (χ1) is 17.9. The van der Waals surface area contributed by atoms with Crippen molar-refractivity contribution in [3.8, 4) is 0 Å². The van der Waals surface area contributed by atoms with Crippen LogP contribution in [-0.4, -0.2) is 36.4 Å². The highest BCUT2D eigenvalue weighted by Crippen LogP contribution is 2.11. The number of rotatable bonds is 13. The van der Waals surface area contributed by atoms with Crippen molar-refractivity contribution in [2.24, 2.45) is 0 Å². The average molecular weight is 502 g/mol. The SMILES string of the molecule is CC(=O)Nc1ccc(CCNC(CCc2ccccc2)C(=O)NC(C)C(=O)OCc2ccccc2)cc1. The van der Waals surface area contributed by atoms with Crippen molar-refractivity contribution in [1.29, 1.82) is 0 Å². The smallest absolute Gasteiger partial charge is 0.328 e. The molecule has 3 aromatic carbocycles. The number of benzene rings is 3. The molecule has 3 N–H and O–H groups in total. The van der Waals surface area contributed by atoms with Crippen molar-refractivity contribution in [3.05, 3.63) is 102 Å². The highest BCUT2D eigenvalue weighted by Gasteiger charge is 2.23. The summed E-state index contributed by atoms with van der Waals surface area (Å²) in [5, 5.41) is 8.92. The Hall–Kier alpha value is -3.97. The summed E-state index contributed by atoms with van der Waals surface area (Å²) in [6, 6.07) is 25.8. The maximum atomic E-state index is 13.1. The monoisotopic (exact) mass is 501 g/mol. The van der Waals surface area contributed by atoms with E-state index in [0.29, 0.717) is 19.4 Å². The van der Waals surface area contributed by atoms with E-state index in [2.05, 4.69) is 16.0 Å². The summed E-state index contributed by atoms with van der Waals surface area (Å²) in [5.74, 6) is -0.820. The molecule has 7 heteroatoms. The number of amides is 2. The van der Waals surface area contributed by atoms with Crippen LogP contribution in [-0.2, 0) is 38.6 Å². The van der Waals surface area contributed by atoms with E-state index in [1.54, 1.807) is 6.92 Å². The fraction of sp³-hybridized carbons (Fsp3) is 0.300. The zero-order chi connectivity index (χ0) is 26.5. The molecule has 0 bridgehead atoms. The van der Waals surface area contributed by atoms with Crippen LogP contribution in [0.5, 0.6) is 0 Å². The van der Waals surface area contributed by atoms with Crippen molar-refractivity contribution < 1.29 is 19.1 Å². The highest BCUT2D eigenvalue weighted by molar-refractivity contribution is 5.88. The van der Waals surface area contributed by atoms with Crippen LogP contribution < -0.4 is 16.0 Å². The number of esters is 1. The summed E-state index contributed by atoms with van der Waals surface area (Å²) in [6.45, 7) is 3.86. The summed E-state index contributed by atoms with van der Waals surface area (Å²) in [6.07, 6.45) is 2.03. The fourth-order valence-electron chi connectivity index (χ4n) is 3.86. The zero-order valence-corrected chi connectivity index (χ0v) is 21.4. The van der Waals surface area contributed by atoms with E-state index in [-0.39, 0.29) is 18.4 Å². The van der Waals surface area contributed by atoms with Gasteiger partial charge in [-0.25, -0.2) is 4.79 Å². The topological polar surface area (TPSA) is 96.5 Å². The molecule has 0 spiro atoms. The summed E-state index contributed by atoms with van der Waals surface area (Å²) in [7, 11) is 0. The van der Waals surface area contributed by atoms with Crippen molar-refractivity contribution in [1.82, 2.24) is 10.6 Å². The van der Waals surface area contributed by atoms with Gasteiger partial charge in [0, 0.05) is 12.6 Å². The second-order valence-electron chi connectivity index (χ2n) is 8.98. The van der Waals surface area contributed by atoms with Gasteiger partial charge in [0.05, 0.1) is 6.04 Å². The normalized spacial score (nSPS) is 12.3. The molecule has 0 aliphatic heterocycles. The second-order valence-corrected chi connectivity index (χ2v) is 8.98. The largest absolute Gasteiger partial charge is 0.459 e. The fourth-order valence-corrected chi connectivity index (χ4v) is 3.86. The minimum absolute atomic E-state index is 0.111. The number of nitrogens with one attached hydrogen (secondary N) is 3. The molecule has 0 heterocycles. The molecule has 194 valence electrons. The van der Waals surface area contributed by atoms with E-state index >= 15 is 0 Å². The Labute approximate surface area is 218 Å². The van der Waals surface area contributed by atoms with Gasteiger partial charge in [-0.15, -0.1) is 0 Å². The second kappa shape index (κ2) is 14.6. The van der Waals surface area contributed by atoms with Crippen LogP contribution in [0.2, 0.25) is 0 Å². The van der Waals surface area contributed by atoms with E-state index in [0.717, 1.165) is 28.8 Å². The van der Waals surface area contributed by atoms with E-state index in [9.17, 15) is 14.4 Å². The number of aryl methyl sites for hydroxylation is 1. The Balaban J connectivity index is 1.54. The van der Waals surface area contributed by atoms with Crippen LogP contribution in [0, 0.1) is 0 Å². The van der Waals surface area contributed by atoms with Crippen LogP contribution in [0.15, 0.2) is 84.9 Å². The quantitative estimate of drug-likeness (QED) is 0.307. The number of anilines is 1. The first-order valence-corrected chi connectivity index (χ1v) is 12.6. The number of ether oxygens (including phenoxy) is 1. The van der Waals surface area contributed by atoms with Gasteiger partial charge in [-0.05, 0) is 61.6 Å². The molecule has 0 aliphatic carbocycles. The minimum atomic E-state index is -0.765. The molecule has 0 radical (unpaired) electrons. The van der Waals surface area contributed by atoms with Crippen LogP contribution >= 0.6 is 0 Å². The highest BCUT2D eigenvalue weighted by atomic mass is 16.5. The predicted molar refractivity (Wildman–Crippen MR) is 145 cm³/mol.